The number of carbonyl (C=O) groups is 1. The third-order valence-corrected chi connectivity index (χ3v) is 4.26. The molecule has 1 fully saturated rings. The van der Waals surface area contributed by atoms with Crippen LogP contribution < -0.4 is 5.32 Å². The monoisotopic (exact) mass is 298 g/mol. The Kier molecular flexibility index (Phi) is 3.08. The minimum absolute atomic E-state index is 0.252. The molecule has 0 atom stereocenters. The van der Waals surface area contributed by atoms with Crippen LogP contribution in [-0.4, -0.2) is 24.3 Å². The van der Waals surface area contributed by atoms with Gasteiger partial charge in [0, 0.05) is 0 Å². The predicted molar refractivity (Wildman–Crippen MR) is 72.0 cm³/mol. The van der Waals surface area contributed by atoms with Crippen LogP contribution in [0.1, 0.15) is 23.0 Å². The number of ether oxygens (including phenoxy) is 1. The molecule has 7 heteroatoms. The van der Waals surface area contributed by atoms with Crippen LogP contribution in [0.4, 0.5) is 5.69 Å². The van der Waals surface area contributed by atoms with E-state index in [1.54, 1.807) is 6.07 Å². The van der Waals surface area contributed by atoms with E-state index in [1.807, 2.05) is 12.3 Å². The zero-order chi connectivity index (χ0) is 13.5. The van der Waals surface area contributed by atoms with Crippen LogP contribution in [0.5, 0.6) is 0 Å². The van der Waals surface area contributed by atoms with Gasteiger partial charge in [-0.2, -0.15) is 0 Å². The highest BCUT2D eigenvalue weighted by atomic mass is 35.5. The molecule has 1 aliphatic heterocycles. The molecule has 1 N–H and O–H groups in total. The van der Waals surface area contributed by atoms with Gasteiger partial charge in [0.2, 0.25) is 0 Å². The average molecular weight is 299 g/mol. The second-order valence-electron chi connectivity index (χ2n) is 4.69. The maximum atomic E-state index is 12.2. The fourth-order valence-corrected chi connectivity index (χ4v) is 2.78. The first-order chi connectivity index (χ1) is 9.10. The standard InChI is InChI=1S/C12H11ClN2O3S/c1-12(5-17-6-12)9-7(4-18-15-9)11(16)14-8-2-3-19-10(8)13/h2-4H,5-6H2,1H3,(H,14,16). The van der Waals surface area contributed by atoms with Gasteiger partial charge in [-0.25, -0.2) is 0 Å². The Morgan fingerprint density at radius 1 is 1.58 bits per heavy atom. The van der Waals surface area contributed by atoms with Crippen LogP contribution in [0.25, 0.3) is 0 Å². The lowest BCUT2D eigenvalue weighted by molar-refractivity contribution is -0.0534. The van der Waals surface area contributed by atoms with Crippen molar-refractivity contribution in [3.8, 4) is 0 Å². The van der Waals surface area contributed by atoms with Gasteiger partial charge in [-0.05, 0) is 18.4 Å². The maximum Gasteiger partial charge on any atom is 0.260 e. The van der Waals surface area contributed by atoms with Gasteiger partial charge in [0.25, 0.3) is 5.91 Å². The molecule has 1 aliphatic rings. The number of thiophene rings is 1. The molecule has 5 nitrogen and oxygen atoms in total. The fraction of sp³-hybridized carbons (Fsp3) is 0.333. The molecule has 0 radical (unpaired) electrons. The molecule has 19 heavy (non-hydrogen) atoms. The van der Waals surface area contributed by atoms with Crippen LogP contribution in [0.3, 0.4) is 0 Å². The summed E-state index contributed by atoms with van der Waals surface area (Å²) in [5.74, 6) is -0.273. The van der Waals surface area contributed by atoms with Crippen molar-refractivity contribution in [1.29, 1.82) is 0 Å². The quantitative estimate of drug-likeness (QED) is 0.946. The summed E-state index contributed by atoms with van der Waals surface area (Å²) in [6.45, 7) is 3.07. The van der Waals surface area contributed by atoms with Crippen molar-refractivity contribution in [3.05, 3.63) is 33.3 Å². The Balaban J connectivity index is 1.85. The van der Waals surface area contributed by atoms with Gasteiger partial charge in [0.1, 0.15) is 21.9 Å². The molecule has 0 aromatic carbocycles. The van der Waals surface area contributed by atoms with E-state index >= 15 is 0 Å². The molecule has 1 amide bonds. The summed E-state index contributed by atoms with van der Waals surface area (Å²) in [6, 6.07) is 1.76. The highest BCUT2D eigenvalue weighted by molar-refractivity contribution is 7.15. The number of halogens is 1. The lowest BCUT2D eigenvalue weighted by Gasteiger charge is -2.36. The number of hydrogen-bond donors (Lipinski definition) is 1. The predicted octanol–water partition coefficient (Wildman–Crippen LogP) is 2.93. The maximum absolute atomic E-state index is 12.2. The van der Waals surface area contributed by atoms with Gasteiger partial charge in [-0.1, -0.05) is 16.8 Å². The SMILES string of the molecule is CC1(c2nocc2C(=O)Nc2ccsc2Cl)COC1. The van der Waals surface area contributed by atoms with E-state index < -0.39 is 0 Å². The van der Waals surface area contributed by atoms with Crippen molar-refractivity contribution in [2.75, 3.05) is 18.5 Å². The molecule has 2 aromatic heterocycles. The lowest BCUT2D eigenvalue weighted by Crippen LogP contribution is -2.45. The normalized spacial score (nSPS) is 16.9. The van der Waals surface area contributed by atoms with Crippen LogP contribution in [0, 0.1) is 0 Å². The zero-order valence-electron chi connectivity index (χ0n) is 10.1. The summed E-state index contributed by atoms with van der Waals surface area (Å²) in [7, 11) is 0. The van der Waals surface area contributed by atoms with Crippen molar-refractivity contribution in [2.45, 2.75) is 12.3 Å². The highest BCUT2D eigenvalue weighted by Crippen LogP contribution is 2.34. The van der Waals surface area contributed by atoms with Crippen molar-refractivity contribution in [3.63, 3.8) is 0 Å². The molecule has 0 aliphatic carbocycles. The first-order valence-electron chi connectivity index (χ1n) is 5.67. The summed E-state index contributed by atoms with van der Waals surface area (Å²) in [5.41, 5.74) is 1.40. The molecule has 0 saturated carbocycles. The van der Waals surface area contributed by atoms with Gasteiger partial charge in [-0.15, -0.1) is 11.3 Å². The summed E-state index contributed by atoms with van der Waals surface area (Å²) in [4.78, 5) is 12.2. The minimum Gasteiger partial charge on any atom is -0.379 e. The summed E-state index contributed by atoms with van der Waals surface area (Å²) in [5, 5.41) is 8.50. The lowest BCUT2D eigenvalue weighted by atomic mass is 9.83. The molecular formula is C12H11ClN2O3S. The third-order valence-electron chi connectivity index (χ3n) is 3.09. The van der Waals surface area contributed by atoms with Crippen molar-refractivity contribution >= 4 is 34.5 Å². The molecule has 3 rings (SSSR count). The number of aromatic nitrogens is 1. The van der Waals surface area contributed by atoms with Crippen molar-refractivity contribution in [1.82, 2.24) is 5.16 Å². The van der Waals surface area contributed by atoms with Gasteiger partial charge < -0.3 is 14.6 Å². The number of anilines is 1. The molecule has 0 bridgehead atoms. The molecule has 2 aromatic rings. The number of amides is 1. The zero-order valence-corrected chi connectivity index (χ0v) is 11.7. The van der Waals surface area contributed by atoms with Gasteiger partial charge >= 0.3 is 0 Å². The molecule has 3 heterocycles. The highest BCUT2D eigenvalue weighted by Gasteiger charge is 2.41. The van der Waals surface area contributed by atoms with E-state index in [2.05, 4.69) is 10.5 Å². The minimum atomic E-state index is -0.273. The van der Waals surface area contributed by atoms with E-state index in [9.17, 15) is 4.79 Å². The second kappa shape index (κ2) is 4.63. The number of nitrogens with zero attached hydrogens (tertiary/aromatic N) is 1. The van der Waals surface area contributed by atoms with E-state index in [0.29, 0.717) is 34.5 Å². The van der Waals surface area contributed by atoms with E-state index in [0.717, 1.165) is 0 Å². The number of hydrogen-bond acceptors (Lipinski definition) is 5. The Bertz CT molecular complexity index is 618. The van der Waals surface area contributed by atoms with Gasteiger partial charge in [-0.3, -0.25) is 4.79 Å². The molecule has 1 saturated heterocycles. The molecule has 0 spiro atoms. The topological polar surface area (TPSA) is 64.4 Å². The van der Waals surface area contributed by atoms with Crippen LogP contribution in [0.2, 0.25) is 4.34 Å². The Morgan fingerprint density at radius 2 is 2.37 bits per heavy atom. The second-order valence-corrected chi connectivity index (χ2v) is 6.21. The molecule has 100 valence electrons. The third kappa shape index (κ3) is 2.16. The van der Waals surface area contributed by atoms with Crippen molar-refractivity contribution < 1.29 is 14.1 Å². The summed E-state index contributed by atoms with van der Waals surface area (Å²) in [6.07, 6.45) is 1.36. The van der Waals surface area contributed by atoms with Gasteiger partial charge in [0.15, 0.2) is 0 Å². The first kappa shape index (κ1) is 12.7. The Labute approximate surface area is 118 Å². The summed E-state index contributed by atoms with van der Waals surface area (Å²) < 4.78 is 10.7. The van der Waals surface area contributed by atoms with Crippen LogP contribution in [-0.2, 0) is 10.2 Å². The molecular weight excluding hydrogens is 288 g/mol. The van der Waals surface area contributed by atoms with E-state index in [4.69, 9.17) is 20.9 Å². The first-order valence-corrected chi connectivity index (χ1v) is 6.93. The average Bonchev–Trinajstić information content (AvgIpc) is 2.96. The van der Waals surface area contributed by atoms with E-state index in [-0.39, 0.29) is 11.3 Å². The largest absolute Gasteiger partial charge is 0.379 e. The molecule has 0 unspecified atom stereocenters. The summed E-state index contributed by atoms with van der Waals surface area (Å²) >= 11 is 7.32. The number of rotatable bonds is 3. The number of carbonyl (C=O) groups excluding carboxylic acids is 1. The van der Waals surface area contributed by atoms with Crippen LogP contribution >= 0.6 is 22.9 Å². The Hall–Kier alpha value is -1.37. The fourth-order valence-electron chi connectivity index (χ4n) is 1.95. The van der Waals surface area contributed by atoms with Crippen LogP contribution in [0.15, 0.2) is 22.2 Å². The van der Waals surface area contributed by atoms with Crippen molar-refractivity contribution in [2.24, 2.45) is 0 Å². The van der Waals surface area contributed by atoms with Gasteiger partial charge in [0.05, 0.1) is 24.3 Å². The smallest absolute Gasteiger partial charge is 0.260 e. The van der Waals surface area contributed by atoms with E-state index in [1.165, 1.54) is 17.6 Å². The number of nitrogens with one attached hydrogen (secondary N) is 1. The Morgan fingerprint density at radius 3 is 2.95 bits per heavy atom.